The highest BCUT2D eigenvalue weighted by molar-refractivity contribution is 6.35. The molecule has 5 nitrogen and oxygen atoms in total. The lowest BCUT2D eigenvalue weighted by molar-refractivity contribution is -0.143. The number of rotatable bonds is 9. The molecule has 0 aliphatic rings. The van der Waals surface area contributed by atoms with Crippen LogP contribution in [0.4, 0.5) is 4.39 Å². The van der Waals surface area contributed by atoms with Gasteiger partial charge in [-0.1, -0.05) is 36.2 Å². The molecule has 8 heteroatoms. The monoisotopic (exact) mass is 454 g/mol. The highest BCUT2D eigenvalue weighted by Crippen LogP contribution is 2.24. The summed E-state index contributed by atoms with van der Waals surface area (Å²) < 4.78 is 18.6. The van der Waals surface area contributed by atoms with Gasteiger partial charge in [0.25, 0.3) is 5.91 Å². The molecule has 0 aliphatic heterocycles. The number of nitrogens with one attached hydrogen (secondary N) is 1. The summed E-state index contributed by atoms with van der Waals surface area (Å²) in [6, 6.07) is 9.57. The van der Waals surface area contributed by atoms with Gasteiger partial charge in [0, 0.05) is 22.6 Å². The van der Waals surface area contributed by atoms with Crippen LogP contribution in [-0.2, 0) is 16.1 Å². The number of carbonyl (C=O) groups excluding carboxylic acids is 2. The maximum absolute atomic E-state index is 13.1. The highest BCUT2D eigenvalue weighted by Gasteiger charge is 2.29. The standard InChI is InChI=1S/C22H25Cl2FN2O3/c1-4-20(22(29)26-14(2)3)27(12-15-5-6-16(23)11-19(15)24)21(28)13-30-18-9-7-17(25)8-10-18/h5-11,14,20H,4,12-13H2,1-3H3,(H,26,29). The van der Waals surface area contributed by atoms with Crippen molar-refractivity contribution in [3.63, 3.8) is 0 Å². The summed E-state index contributed by atoms with van der Waals surface area (Å²) in [4.78, 5) is 27.2. The Morgan fingerprint density at radius 2 is 1.80 bits per heavy atom. The van der Waals surface area contributed by atoms with E-state index in [9.17, 15) is 14.0 Å². The maximum Gasteiger partial charge on any atom is 0.261 e. The molecule has 0 saturated carbocycles. The molecular formula is C22H25Cl2FN2O3. The quantitative estimate of drug-likeness (QED) is 0.589. The van der Waals surface area contributed by atoms with Crippen molar-refractivity contribution in [2.75, 3.05) is 6.61 Å². The summed E-state index contributed by atoms with van der Waals surface area (Å²) in [6.45, 7) is 5.35. The van der Waals surface area contributed by atoms with Gasteiger partial charge < -0.3 is 15.0 Å². The van der Waals surface area contributed by atoms with Crippen molar-refractivity contribution < 1.29 is 18.7 Å². The number of hydrogen-bond acceptors (Lipinski definition) is 3. The zero-order chi connectivity index (χ0) is 22.3. The first-order valence-corrected chi connectivity index (χ1v) is 10.4. The lowest BCUT2D eigenvalue weighted by Gasteiger charge is -2.31. The Hall–Kier alpha value is -2.31. The van der Waals surface area contributed by atoms with Gasteiger partial charge in [-0.3, -0.25) is 9.59 Å². The molecule has 2 aromatic carbocycles. The van der Waals surface area contributed by atoms with Crippen molar-refractivity contribution in [3.8, 4) is 5.75 Å². The Kier molecular flexibility index (Phi) is 8.93. The summed E-state index contributed by atoms with van der Waals surface area (Å²) in [5.74, 6) is -0.693. The summed E-state index contributed by atoms with van der Waals surface area (Å²) in [5.41, 5.74) is 0.659. The molecule has 1 N–H and O–H groups in total. The Labute approximate surface area is 186 Å². The molecule has 30 heavy (non-hydrogen) atoms. The van der Waals surface area contributed by atoms with Crippen molar-refractivity contribution >= 4 is 35.0 Å². The number of halogens is 3. The molecule has 1 unspecified atom stereocenters. The lowest BCUT2D eigenvalue weighted by atomic mass is 10.1. The lowest BCUT2D eigenvalue weighted by Crippen LogP contribution is -2.51. The SMILES string of the molecule is CCC(C(=O)NC(C)C)N(Cc1ccc(Cl)cc1Cl)C(=O)COc1ccc(F)cc1. The van der Waals surface area contributed by atoms with E-state index in [4.69, 9.17) is 27.9 Å². The Bertz CT molecular complexity index is 875. The van der Waals surface area contributed by atoms with Gasteiger partial charge in [-0.25, -0.2) is 4.39 Å². The fraction of sp³-hybridized carbons (Fsp3) is 0.364. The second-order valence-corrected chi connectivity index (χ2v) is 7.93. The van der Waals surface area contributed by atoms with Crippen LogP contribution in [0.2, 0.25) is 10.0 Å². The second-order valence-electron chi connectivity index (χ2n) is 7.09. The third-order valence-corrected chi connectivity index (χ3v) is 4.94. The molecule has 0 aliphatic carbocycles. The fourth-order valence-corrected chi connectivity index (χ4v) is 3.36. The first-order valence-electron chi connectivity index (χ1n) is 9.63. The molecule has 2 rings (SSSR count). The van der Waals surface area contributed by atoms with E-state index in [1.165, 1.54) is 29.2 Å². The number of amides is 2. The Morgan fingerprint density at radius 1 is 1.13 bits per heavy atom. The predicted molar refractivity (Wildman–Crippen MR) is 116 cm³/mol. The minimum atomic E-state index is -0.705. The van der Waals surface area contributed by atoms with E-state index >= 15 is 0 Å². The van der Waals surface area contributed by atoms with E-state index in [2.05, 4.69) is 5.32 Å². The van der Waals surface area contributed by atoms with Gasteiger partial charge in [-0.2, -0.15) is 0 Å². The molecule has 162 valence electrons. The van der Waals surface area contributed by atoms with Gasteiger partial charge in [-0.15, -0.1) is 0 Å². The van der Waals surface area contributed by atoms with E-state index in [-0.39, 0.29) is 25.1 Å². The number of ether oxygens (including phenoxy) is 1. The zero-order valence-electron chi connectivity index (χ0n) is 17.1. The molecule has 0 fully saturated rings. The van der Waals surface area contributed by atoms with Gasteiger partial charge in [0.2, 0.25) is 5.91 Å². The summed E-state index contributed by atoms with van der Waals surface area (Å²) in [5, 5.41) is 3.73. The van der Waals surface area contributed by atoms with Gasteiger partial charge in [-0.05, 0) is 62.2 Å². The topological polar surface area (TPSA) is 58.6 Å². The van der Waals surface area contributed by atoms with Crippen LogP contribution in [-0.4, -0.2) is 35.4 Å². The number of carbonyl (C=O) groups is 2. The number of hydrogen-bond donors (Lipinski definition) is 1. The van der Waals surface area contributed by atoms with Crippen LogP contribution in [0.5, 0.6) is 5.75 Å². The van der Waals surface area contributed by atoms with Crippen molar-refractivity contribution in [1.82, 2.24) is 10.2 Å². The summed E-state index contributed by atoms with van der Waals surface area (Å²) in [7, 11) is 0. The average Bonchev–Trinajstić information content (AvgIpc) is 2.68. The largest absolute Gasteiger partial charge is 0.484 e. The van der Waals surface area contributed by atoms with Crippen molar-refractivity contribution in [2.45, 2.75) is 45.8 Å². The molecule has 1 atom stereocenters. The summed E-state index contributed by atoms with van der Waals surface area (Å²) in [6.07, 6.45) is 0.409. The molecule has 0 saturated heterocycles. The highest BCUT2D eigenvalue weighted by atomic mass is 35.5. The smallest absolute Gasteiger partial charge is 0.261 e. The average molecular weight is 455 g/mol. The van der Waals surface area contributed by atoms with Gasteiger partial charge >= 0.3 is 0 Å². The van der Waals surface area contributed by atoms with Crippen LogP contribution in [0.15, 0.2) is 42.5 Å². The maximum atomic E-state index is 13.1. The molecule has 0 heterocycles. The van der Waals surface area contributed by atoms with Gasteiger partial charge in [0.1, 0.15) is 17.6 Å². The third kappa shape index (κ3) is 6.89. The van der Waals surface area contributed by atoms with Crippen LogP contribution < -0.4 is 10.1 Å². The van der Waals surface area contributed by atoms with Crippen LogP contribution in [0, 0.1) is 5.82 Å². The minimum Gasteiger partial charge on any atom is -0.484 e. The molecule has 0 bridgehead atoms. The van der Waals surface area contributed by atoms with E-state index in [0.29, 0.717) is 27.8 Å². The molecule has 2 aromatic rings. The fourth-order valence-electron chi connectivity index (χ4n) is 2.89. The third-order valence-electron chi connectivity index (χ3n) is 4.35. The number of nitrogens with zero attached hydrogens (tertiary/aromatic N) is 1. The van der Waals surface area contributed by atoms with Crippen molar-refractivity contribution in [1.29, 1.82) is 0 Å². The second kappa shape index (κ2) is 11.2. The van der Waals surface area contributed by atoms with Gasteiger partial charge in [0.15, 0.2) is 6.61 Å². The minimum absolute atomic E-state index is 0.0712. The van der Waals surface area contributed by atoms with E-state index < -0.39 is 17.8 Å². The van der Waals surface area contributed by atoms with Crippen molar-refractivity contribution in [2.24, 2.45) is 0 Å². The molecule has 0 spiro atoms. The predicted octanol–water partition coefficient (Wildman–Crippen LogP) is 4.84. The van der Waals surface area contributed by atoms with Crippen LogP contribution >= 0.6 is 23.2 Å². The first kappa shape index (κ1) is 24.0. The van der Waals surface area contributed by atoms with Crippen LogP contribution in [0.1, 0.15) is 32.8 Å². The van der Waals surface area contributed by atoms with Crippen LogP contribution in [0.3, 0.4) is 0 Å². The zero-order valence-corrected chi connectivity index (χ0v) is 18.6. The molecule has 0 aromatic heterocycles. The molecule has 0 radical (unpaired) electrons. The normalized spacial score (nSPS) is 11.8. The van der Waals surface area contributed by atoms with Gasteiger partial charge in [0.05, 0.1) is 0 Å². The van der Waals surface area contributed by atoms with Crippen molar-refractivity contribution in [3.05, 3.63) is 63.9 Å². The number of benzene rings is 2. The first-order chi connectivity index (χ1) is 14.2. The molecule has 2 amide bonds. The Balaban J connectivity index is 2.24. The Morgan fingerprint density at radius 3 is 2.37 bits per heavy atom. The van der Waals surface area contributed by atoms with E-state index in [0.717, 1.165) is 0 Å². The summed E-state index contributed by atoms with van der Waals surface area (Å²) >= 11 is 12.3. The van der Waals surface area contributed by atoms with E-state index in [1.807, 2.05) is 20.8 Å². The van der Waals surface area contributed by atoms with Crippen LogP contribution in [0.25, 0.3) is 0 Å². The molecular weight excluding hydrogens is 430 g/mol. The van der Waals surface area contributed by atoms with E-state index in [1.54, 1.807) is 18.2 Å².